The third-order valence-electron chi connectivity index (χ3n) is 5.74. The first-order valence-electron chi connectivity index (χ1n) is 11.1. The number of anilines is 2. The molecule has 0 amide bonds. The van der Waals surface area contributed by atoms with Crippen LogP contribution in [0.3, 0.4) is 0 Å². The molecule has 170 valence electrons. The Kier molecular flexibility index (Phi) is 7.52. The maximum absolute atomic E-state index is 13.0. The molecule has 1 aliphatic carbocycles. The number of rotatable bonds is 5. The molecule has 5 nitrogen and oxygen atoms in total. The molecule has 0 fully saturated rings. The third-order valence-corrected chi connectivity index (χ3v) is 7.16. The van der Waals surface area contributed by atoms with Gasteiger partial charge in [0.25, 0.3) is 0 Å². The lowest BCUT2D eigenvalue weighted by molar-refractivity contribution is 0.0601. The number of benzene rings is 2. The molecule has 0 bridgehead atoms. The van der Waals surface area contributed by atoms with Crippen LogP contribution in [0.25, 0.3) is 0 Å². The van der Waals surface area contributed by atoms with Gasteiger partial charge in [0.1, 0.15) is 5.00 Å². The molecule has 2 aromatic carbocycles. The number of hydrogen-bond acceptors (Lipinski definition) is 5. The second-order valence-electron chi connectivity index (χ2n) is 7.93. The highest BCUT2D eigenvalue weighted by molar-refractivity contribution is 7.80. The van der Waals surface area contributed by atoms with E-state index in [1.54, 1.807) is 29.5 Å². The summed E-state index contributed by atoms with van der Waals surface area (Å²) < 4.78 is 5.09. The summed E-state index contributed by atoms with van der Waals surface area (Å²) in [6, 6.07) is 16.4. The topological polar surface area (TPSA) is 67.4 Å². The van der Waals surface area contributed by atoms with Gasteiger partial charge in [-0.15, -0.1) is 11.3 Å². The molecule has 2 N–H and O–H groups in total. The maximum atomic E-state index is 13.0. The van der Waals surface area contributed by atoms with Crippen molar-refractivity contribution in [1.29, 1.82) is 0 Å². The first-order valence-corrected chi connectivity index (χ1v) is 12.3. The second kappa shape index (κ2) is 10.7. The van der Waals surface area contributed by atoms with Gasteiger partial charge in [-0.3, -0.25) is 4.79 Å². The molecule has 1 aliphatic rings. The van der Waals surface area contributed by atoms with Crippen LogP contribution in [0.1, 0.15) is 62.4 Å². The highest BCUT2D eigenvalue weighted by atomic mass is 32.1. The van der Waals surface area contributed by atoms with Gasteiger partial charge in [-0.05, 0) is 55.6 Å². The van der Waals surface area contributed by atoms with Gasteiger partial charge in [0, 0.05) is 16.0 Å². The monoisotopic (exact) mass is 478 g/mol. The van der Waals surface area contributed by atoms with Gasteiger partial charge in [-0.2, -0.15) is 0 Å². The Balaban J connectivity index is 1.58. The van der Waals surface area contributed by atoms with Crippen molar-refractivity contribution in [3.63, 3.8) is 0 Å². The largest absolute Gasteiger partial charge is 0.465 e. The smallest absolute Gasteiger partial charge is 0.341 e. The first kappa shape index (κ1) is 23.1. The minimum Gasteiger partial charge on any atom is -0.465 e. The minimum atomic E-state index is -0.349. The highest BCUT2D eigenvalue weighted by Gasteiger charge is 2.25. The Morgan fingerprint density at radius 2 is 1.61 bits per heavy atom. The standard InChI is InChI=1S/C26H26N2O3S2/c1-31-25(30)22-19-14-7-2-3-8-16-21(19)33-24(22)28-26(32)27-20-15-10-9-13-18(20)23(29)17-11-5-4-6-12-17/h4-6,9-13,15H,2-3,7-8,14,16H2,1H3,(H2,27,28,32). The van der Waals surface area contributed by atoms with Crippen LogP contribution < -0.4 is 10.6 Å². The SMILES string of the molecule is COC(=O)c1c(NC(=S)Nc2ccccc2C(=O)c2ccccc2)sc2c1CCCCCC2. The summed E-state index contributed by atoms with van der Waals surface area (Å²) >= 11 is 7.15. The van der Waals surface area contributed by atoms with Crippen LogP contribution >= 0.6 is 23.6 Å². The van der Waals surface area contributed by atoms with E-state index < -0.39 is 0 Å². The van der Waals surface area contributed by atoms with Crippen molar-refractivity contribution in [2.45, 2.75) is 38.5 Å². The van der Waals surface area contributed by atoms with Gasteiger partial charge in [-0.25, -0.2) is 4.79 Å². The lowest BCUT2D eigenvalue weighted by Crippen LogP contribution is -2.21. The number of esters is 1. The third kappa shape index (κ3) is 5.31. The van der Waals surface area contributed by atoms with Gasteiger partial charge >= 0.3 is 5.97 Å². The fraction of sp³-hybridized carbons (Fsp3) is 0.269. The molecular weight excluding hydrogens is 452 g/mol. The lowest BCUT2D eigenvalue weighted by atomic mass is 9.96. The van der Waals surface area contributed by atoms with E-state index in [0.717, 1.165) is 31.2 Å². The first-order chi connectivity index (χ1) is 16.1. The van der Waals surface area contributed by atoms with E-state index >= 15 is 0 Å². The molecule has 0 radical (unpaired) electrons. The zero-order valence-corrected chi connectivity index (χ0v) is 20.1. The second-order valence-corrected chi connectivity index (χ2v) is 9.45. The van der Waals surface area contributed by atoms with Gasteiger partial charge in [0.05, 0.1) is 18.4 Å². The van der Waals surface area contributed by atoms with Crippen molar-refractivity contribution in [1.82, 2.24) is 0 Å². The molecular formula is C26H26N2O3S2. The maximum Gasteiger partial charge on any atom is 0.341 e. The number of methoxy groups -OCH3 is 1. The van der Waals surface area contributed by atoms with Crippen molar-refractivity contribution < 1.29 is 14.3 Å². The van der Waals surface area contributed by atoms with Crippen molar-refractivity contribution in [2.75, 3.05) is 17.7 Å². The molecule has 7 heteroatoms. The zero-order valence-electron chi connectivity index (χ0n) is 18.5. The van der Waals surface area contributed by atoms with E-state index in [-0.39, 0.29) is 11.8 Å². The number of aryl methyl sites for hydroxylation is 1. The van der Waals surface area contributed by atoms with Crippen LogP contribution in [-0.4, -0.2) is 24.0 Å². The van der Waals surface area contributed by atoms with Crippen molar-refractivity contribution in [2.24, 2.45) is 0 Å². The Labute approximate surface area is 203 Å². The fourth-order valence-corrected chi connectivity index (χ4v) is 5.68. The summed E-state index contributed by atoms with van der Waals surface area (Å²) in [5.74, 6) is -0.436. The number of hydrogen-bond donors (Lipinski definition) is 2. The quantitative estimate of drug-likeness (QED) is 0.257. The molecule has 0 atom stereocenters. The van der Waals surface area contributed by atoms with Gasteiger partial charge in [-0.1, -0.05) is 55.3 Å². The average Bonchev–Trinajstić information content (AvgIpc) is 3.14. The van der Waals surface area contributed by atoms with Crippen molar-refractivity contribution in [3.05, 3.63) is 81.7 Å². The van der Waals surface area contributed by atoms with Crippen LogP contribution in [-0.2, 0) is 17.6 Å². The van der Waals surface area contributed by atoms with E-state index in [4.69, 9.17) is 17.0 Å². The number of carbonyl (C=O) groups excluding carboxylic acids is 2. The fourth-order valence-electron chi connectivity index (χ4n) is 4.12. The van der Waals surface area contributed by atoms with E-state index in [1.807, 2.05) is 36.4 Å². The van der Waals surface area contributed by atoms with Crippen molar-refractivity contribution in [3.8, 4) is 0 Å². The molecule has 0 unspecified atom stereocenters. The number of nitrogens with one attached hydrogen (secondary N) is 2. The Morgan fingerprint density at radius 3 is 2.36 bits per heavy atom. The van der Waals surface area contributed by atoms with Crippen LogP contribution in [0.4, 0.5) is 10.7 Å². The van der Waals surface area contributed by atoms with Crippen molar-refractivity contribution >= 4 is 51.1 Å². The van der Waals surface area contributed by atoms with Crippen LogP contribution in [0.2, 0.25) is 0 Å². The van der Waals surface area contributed by atoms with E-state index in [9.17, 15) is 9.59 Å². The van der Waals surface area contributed by atoms with E-state index in [0.29, 0.717) is 32.5 Å². The van der Waals surface area contributed by atoms with Crippen LogP contribution in [0, 0.1) is 0 Å². The van der Waals surface area contributed by atoms with Gasteiger partial charge in [0.15, 0.2) is 10.9 Å². The predicted molar refractivity (Wildman–Crippen MR) is 138 cm³/mol. The summed E-state index contributed by atoms with van der Waals surface area (Å²) in [5, 5.41) is 7.37. The average molecular weight is 479 g/mol. The molecule has 0 saturated carbocycles. The normalized spacial score (nSPS) is 13.2. The Hall–Kier alpha value is -3.03. The number of ether oxygens (including phenoxy) is 1. The summed E-state index contributed by atoms with van der Waals surface area (Å²) in [6.07, 6.45) is 6.38. The molecule has 0 spiro atoms. The molecule has 0 aliphatic heterocycles. The summed E-state index contributed by atoms with van der Waals surface area (Å²) in [4.78, 5) is 26.9. The lowest BCUT2D eigenvalue weighted by Gasteiger charge is -2.14. The predicted octanol–water partition coefficient (Wildman–Crippen LogP) is 6.23. The van der Waals surface area contributed by atoms with Crippen LogP contribution in [0.15, 0.2) is 54.6 Å². The number of fused-ring (bicyclic) bond motifs is 1. The highest BCUT2D eigenvalue weighted by Crippen LogP contribution is 2.37. The summed E-state index contributed by atoms with van der Waals surface area (Å²) in [6.45, 7) is 0. The summed E-state index contributed by atoms with van der Waals surface area (Å²) in [5.41, 5.74) is 3.41. The van der Waals surface area contributed by atoms with E-state index in [2.05, 4.69) is 10.6 Å². The molecule has 0 saturated heterocycles. The molecule has 1 aromatic heterocycles. The van der Waals surface area contributed by atoms with Crippen LogP contribution in [0.5, 0.6) is 0 Å². The molecule has 4 rings (SSSR count). The Morgan fingerprint density at radius 1 is 0.909 bits per heavy atom. The molecule has 33 heavy (non-hydrogen) atoms. The van der Waals surface area contributed by atoms with Gasteiger partial charge < -0.3 is 15.4 Å². The minimum absolute atomic E-state index is 0.0872. The zero-order chi connectivity index (χ0) is 23.2. The number of thiophene rings is 1. The van der Waals surface area contributed by atoms with Gasteiger partial charge in [0.2, 0.25) is 0 Å². The number of thiocarbonyl (C=S) groups is 1. The molecule has 3 aromatic rings. The molecule has 1 heterocycles. The summed E-state index contributed by atoms with van der Waals surface area (Å²) in [7, 11) is 1.40. The van der Waals surface area contributed by atoms with E-state index in [1.165, 1.54) is 24.8 Å². The number of para-hydroxylation sites is 1. The number of carbonyl (C=O) groups is 2. The Bertz CT molecular complexity index is 1170. The number of ketones is 1.